The Bertz CT molecular complexity index is 413. The third kappa shape index (κ3) is 6.21. The number of carbonyl (C=O) groups excluding carboxylic acids is 2. The van der Waals surface area contributed by atoms with Gasteiger partial charge in [-0.2, -0.15) is 0 Å². The van der Waals surface area contributed by atoms with Crippen LogP contribution in [0.4, 0.5) is 0 Å². The molecule has 0 aliphatic carbocycles. The number of aldehydes is 1. The Morgan fingerprint density at radius 3 is 2.29 bits per heavy atom. The van der Waals surface area contributed by atoms with Crippen molar-refractivity contribution in [1.82, 2.24) is 0 Å². The third-order valence-corrected chi connectivity index (χ3v) is 1.82. The summed E-state index contributed by atoms with van der Waals surface area (Å²) in [5.74, 6) is -0.983. The van der Waals surface area contributed by atoms with Gasteiger partial charge in [-0.3, -0.25) is 14.4 Å². The van der Waals surface area contributed by atoms with E-state index in [4.69, 9.17) is 10.8 Å². The van der Waals surface area contributed by atoms with Crippen LogP contribution in [0.15, 0.2) is 24.3 Å². The number of rotatable bonds is 3. The minimum Gasteiger partial charge on any atom is -0.480 e. The Morgan fingerprint density at radius 1 is 1.41 bits per heavy atom. The number of ketones is 1. The van der Waals surface area contributed by atoms with E-state index in [1.54, 1.807) is 24.3 Å². The van der Waals surface area contributed by atoms with E-state index in [-0.39, 0.29) is 5.78 Å². The lowest BCUT2D eigenvalue weighted by molar-refractivity contribution is -0.138. The number of hydrogen-bond donors (Lipinski definition) is 2. The predicted octanol–water partition coefficient (Wildman–Crippen LogP) is 1.12. The van der Waals surface area contributed by atoms with Gasteiger partial charge in [0, 0.05) is 11.1 Å². The summed E-state index contributed by atoms with van der Waals surface area (Å²) in [6.45, 7) is 2.90. The highest BCUT2D eigenvalue weighted by molar-refractivity contribution is 5.95. The molecule has 0 aliphatic heterocycles. The molecule has 0 saturated carbocycles. The number of hydrogen-bond acceptors (Lipinski definition) is 4. The molecule has 5 nitrogen and oxygen atoms in total. The van der Waals surface area contributed by atoms with Crippen molar-refractivity contribution in [2.75, 3.05) is 0 Å². The van der Waals surface area contributed by atoms with Crippen LogP contribution in [-0.4, -0.2) is 29.2 Å². The maximum atomic E-state index is 10.8. The van der Waals surface area contributed by atoms with Crippen molar-refractivity contribution in [2.45, 2.75) is 19.9 Å². The molecule has 3 N–H and O–H groups in total. The lowest BCUT2D eigenvalue weighted by Gasteiger charge is -1.94. The van der Waals surface area contributed by atoms with Crippen LogP contribution in [0.2, 0.25) is 0 Å². The summed E-state index contributed by atoms with van der Waals surface area (Å²) in [4.78, 5) is 30.6. The van der Waals surface area contributed by atoms with E-state index in [2.05, 4.69) is 0 Å². The molecule has 5 heteroatoms. The van der Waals surface area contributed by atoms with Gasteiger partial charge in [0.2, 0.25) is 0 Å². The number of carbonyl (C=O) groups is 3. The van der Waals surface area contributed by atoms with Crippen molar-refractivity contribution in [3.63, 3.8) is 0 Å². The third-order valence-electron chi connectivity index (χ3n) is 1.82. The van der Waals surface area contributed by atoms with Gasteiger partial charge in [0.15, 0.2) is 5.78 Å². The molecular weight excluding hydrogens is 222 g/mol. The van der Waals surface area contributed by atoms with Gasteiger partial charge in [0.25, 0.3) is 0 Å². The normalized spacial score (nSPS) is 10.8. The molecule has 1 aromatic carbocycles. The second kappa shape index (κ2) is 7.29. The van der Waals surface area contributed by atoms with Crippen LogP contribution in [-0.2, 0) is 4.79 Å². The molecule has 0 spiro atoms. The molecule has 0 unspecified atom stereocenters. The second-order valence-electron chi connectivity index (χ2n) is 3.43. The largest absolute Gasteiger partial charge is 0.480 e. The number of carboxylic acid groups (broad SMARTS) is 1. The zero-order valence-corrected chi connectivity index (χ0v) is 9.71. The fourth-order valence-electron chi connectivity index (χ4n) is 0.831. The van der Waals surface area contributed by atoms with Gasteiger partial charge >= 0.3 is 5.97 Å². The lowest BCUT2D eigenvalue weighted by atomic mass is 10.1. The average molecular weight is 237 g/mol. The molecule has 1 atom stereocenters. The first-order valence-corrected chi connectivity index (χ1v) is 4.93. The van der Waals surface area contributed by atoms with Gasteiger partial charge in [-0.15, -0.1) is 0 Å². The zero-order valence-electron chi connectivity index (χ0n) is 9.71. The van der Waals surface area contributed by atoms with Gasteiger partial charge in [0.05, 0.1) is 0 Å². The van der Waals surface area contributed by atoms with Crippen LogP contribution in [0.25, 0.3) is 0 Å². The van der Waals surface area contributed by atoms with Gasteiger partial charge < -0.3 is 10.8 Å². The quantitative estimate of drug-likeness (QED) is 0.606. The number of nitrogens with two attached hydrogens (primary N) is 1. The van der Waals surface area contributed by atoms with E-state index in [9.17, 15) is 14.4 Å². The van der Waals surface area contributed by atoms with Crippen molar-refractivity contribution in [3.05, 3.63) is 35.4 Å². The highest BCUT2D eigenvalue weighted by Crippen LogP contribution is 2.03. The van der Waals surface area contributed by atoms with Crippen molar-refractivity contribution in [2.24, 2.45) is 5.73 Å². The molecule has 0 heterocycles. The molecule has 0 saturated heterocycles. The summed E-state index contributed by atoms with van der Waals surface area (Å²) < 4.78 is 0. The maximum Gasteiger partial charge on any atom is 0.320 e. The summed E-state index contributed by atoms with van der Waals surface area (Å²) in [6.07, 6.45) is 0.729. The Balaban J connectivity index is 0.000000366. The molecule has 1 aromatic rings. The van der Waals surface area contributed by atoms with Gasteiger partial charge in [-0.1, -0.05) is 18.2 Å². The highest BCUT2D eigenvalue weighted by Gasteiger charge is 1.99. The zero-order chi connectivity index (χ0) is 13.4. The summed E-state index contributed by atoms with van der Waals surface area (Å²) in [5.41, 5.74) is 5.95. The molecule has 0 amide bonds. The van der Waals surface area contributed by atoms with Crippen molar-refractivity contribution in [1.29, 1.82) is 0 Å². The highest BCUT2D eigenvalue weighted by atomic mass is 16.4. The van der Waals surface area contributed by atoms with E-state index < -0.39 is 12.0 Å². The molecule has 0 aromatic heterocycles. The molecule has 92 valence electrons. The first kappa shape index (κ1) is 15.0. The lowest BCUT2D eigenvalue weighted by Crippen LogP contribution is -2.25. The molecule has 0 bridgehead atoms. The standard InChI is InChI=1S/C9H8O2.C3H7NO2/c1-7(11)9-4-2-3-8(5-9)6-10;1-2(4)3(5)6/h2-6H,1H3;2H,4H2,1H3,(H,5,6)/t;2-/m.0/s1. The molecule has 0 aliphatic rings. The predicted molar refractivity (Wildman–Crippen MR) is 63.1 cm³/mol. The molecule has 17 heavy (non-hydrogen) atoms. The SMILES string of the molecule is CC(=O)c1cccc(C=O)c1.C[C@H](N)C(=O)O. The van der Waals surface area contributed by atoms with Crippen LogP contribution >= 0.6 is 0 Å². The minimum atomic E-state index is -0.963. The van der Waals surface area contributed by atoms with Gasteiger partial charge in [0.1, 0.15) is 12.3 Å². The van der Waals surface area contributed by atoms with Crippen LogP contribution < -0.4 is 5.73 Å². The summed E-state index contributed by atoms with van der Waals surface area (Å²) in [6, 6.07) is 5.90. The average Bonchev–Trinajstić information content (AvgIpc) is 2.29. The summed E-state index contributed by atoms with van der Waals surface area (Å²) >= 11 is 0. The minimum absolute atomic E-state index is 0.0197. The van der Waals surface area contributed by atoms with Crippen LogP contribution in [0.5, 0.6) is 0 Å². The van der Waals surface area contributed by atoms with Crippen molar-refractivity contribution >= 4 is 18.0 Å². The first-order chi connectivity index (χ1) is 7.88. The number of carboxylic acids is 1. The summed E-state index contributed by atoms with van der Waals surface area (Å²) in [7, 11) is 0. The van der Waals surface area contributed by atoms with Gasteiger partial charge in [-0.25, -0.2) is 0 Å². The first-order valence-electron chi connectivity index (χ1n) is 4.93. The number of Topliss-reactive ketones (excluding diaryl/α,β-unsaturated/α-hetero) is 1. The van der Waals surface area contributed by atoms with E-state index >= 15 is 0 Å². The number of benzene rings is 1. The fourth-order valence-corrected chi connectivity index (χ4v) is 0.831. The Kier molecular flexibility index (Phi) is 6.43. The Morgan fingerprint density at radius 2 is 1.94 bits per heavy atom. The smallest absolute Gasteiger partial charge is 0.320 e. The van der Waals surface area contributed by atoms with Crippen LogP contribution in [0, 0.1) is 0 Å². The molecule has 1 rings (SSSR count). The topological polar surface area (TPSA) is 97.5 Å². The second-order valence-corrected chi connectivity index (χ2v) is 3.43. The fraction of sp³-hybridized carbons (Fsp3) is 0.250. The van der Waals surface area contributed by atoms with Gasteiger partial charge in [-0.05, 0) is 19.9 Å². The molecule has 0 fully saturated rings. The summed E-state index contributed by atoms with van der Waals surface area (Å²) in [5, 5.41) is 7.87. The van der Waals surface area contributed by atoms with Crippen LogP contribution in [0.1, 0.15) is 34.6 Å². The Hall–Kier alpha value is -2.01. The maximum absolute atomic E-state index is 10.8. The van der Waals surface area contributed by atoms with E-state index in [0.29, 0.717) is 11.1 Å². The molecule has 0 radical (unpaired) electrons. The van der Waals surface area contributed by atoms with E-state index in [0.717, 1.165) is 6.29 Å². The van der Waals surface area contributed by atoms with Crippen molar-refractivity contribution in [3.8, 4) is 0 Å². The molecular formula is C12H15NO4. The van der Waals surface area contributed by atoms with E-state index in [1.165, 1.54) is 13.8 Å². The number of aliphatic carboxylic acids is 1. The Labute approximate surface area is 99.2 Å². The van der Waals surface area contributed by atoms with E-state index in [1.807, 2.05) is 0 Å². The monoisotopic (exact) mass is 237 g/mol. The van der Waals surface area contributed by atoms with Crippen LogP contribution in [0.3, 0.4) is 0 Å². The van der Waals surface area contributed by atoms with Crippen molar-refractivity contribution < 1.29 is 19.5 Å².